The third-order valence-corrected chi connectivity index (χ3v) is 2.56. The molecule has 3 rings (SSSR count). The monoisotopic (exact) mass is 280 g/mol. The molecule has 8 heteroatoms. The van der Waals surface area contributed by atoms with Gasteiger partial charge in [0.15, 0.2) is 5.65 Å². The van der Waals surface area contributed by atoms with Crippen LogP contribution in [0.4, 0.5) is 13.2 Å². The first-order valence-corrected chi connectivity index (χ1v) is 5.53. The zero-order chi connectivity index (χ0) is 14.2. The fraction of sp³-hybridized carbons (Fsp3) is 0.0833. The van der Waals surface area contributed by atoms with Crippen molar-refractivity contribution < 1.29 is 17.9 Å². The molecule has 0 fully saturated rings. The van der Waals surface area contributed by atoms with Crippen LogP contribution < -0.4 is 4.74 Å². The topological polar surface area (TPSA) is 52.3 Å². The van der Waals surface area contributed by atoms with Crippen molar-refractivity contribution in [2.45, 2.75) is 6.36 Å². The van der Waals surface area contributed by atoms with Crippen LogP contribution in [0.1, 0.15) is 0 Å². The van der Waals surface area contributed by atoms with Crippen LogP contribution in [0.2, 0.25) is 0 Å². The van der Waals surface area contributed by atoms with E-state index in [2.05, 4.69) is 19.9 Å². The van der Waals surface area contributed by atoms with Gasteiger partial charge in [0.05, 0.1) is 11.9 Å². The lowest BCUT2D eigenvalue weighted by Crippen LogP contribution is -2.16. The molecule has 0 N–H and O–H groups in total. The molecule has 0 spiro atoms. The highest BCUT2D eigenvalue weighted by Crippen LogP contribution is 2.25. The van der Waals surface area contributed by atoms with Gasteiger partial charge < -0.3 is 4.74 Å². The van der Waals surface area contributed by atoms with Gasteiger partial charge in [-0.1, -0.05) is 0 Å². The maximum absolute atomic E-state index is 12.1. The first kappa shape index (κ1) is 12.4. The van der Waals surface area contributed by atoms with Crippen molar-refractivity contribution in [3.05, 3.63) is 43.0 Å². The lowest BCUT2D eigenvalue weighted by Gasteiger charge is -2.09. The molecule has 2 aromatic heterocycles. The standard InChI is InChI=1S/C12H7F3N4O/c13-12(14,15)20-9-3-1-8(2-4-9)10-6-19-7-17-18-11(19)5-16-10/h1-7H. The van der Waals surface area contributed by atoms with Crippen molar-refractivity contribution in [1.82, 2.24) is 19.6 Å². The minimum Gasteiger partial charge on any atom is -0.406 e. The third kappa shape index (κ3) is 2.53. The van der Waals surface area contributed by atoms with E-state index in [0.29, 0.717) is 16.9 Å². The van der Waals surface area contributed by atoms with Gasteiger partial charge in [-0.2, -0.15) is 0 Å². The van der Waals surface area contributed by atoms with E-state index in [4.69, 9.17) is 0 Å². The average molecular weight is 280 g/mol. The molecule has 102 valence electrons. The summed E-state index contributed by atoms with van der Waals surface area (Å²) in [6.45, 7) is 0. The molecule has 3 aromatic rings. The molecule has 0 unspecified atom stereocenters. The van der Waals surface area contributed by atoms with Crippen molar-refractivity contribution in [1.29, 1.82) is 0 Å². The number of rotatable bonds is 2. The van der Waals surface area contributed by atoms with E-state index in [-0.39, 0.29) is 5.75 Å². The third-order valence-electron chi connectivity index (χ3n) is 2.56. The number of hydrogen-bond donors (Lipinski definition) is 0. The number of benzene rings is 1. The van der Waals surface area contributed by atoms with Gasteiger partial charge in [0.2, 0.25) is 0 Å². The van der Waals surface area contributed by atoms with Crippen LogP contribution in [0, 0.1) is 0 Å². The maximum Gasteiger partial charge on any atom is 0.573 e. The number of ether oxygens (including phenoxy) is 1. The predicted molar refractivity (Wildman–Crippen MR) is 62.9 cm³/mol. The summed E-state index contributed by atoms with van der Waals surface area (Å²) in [5.74, 6) is -0.272. The first-order chi connectivity index (χ1) is 9.51. The molecule has 0 saturated heterocycles. The first-order valence-electron chi connectivity index (χ1n) is 5.53. The highest BCUT2D eigenvalue weighted by Gasteiger charge is 2.30. The number of nitrogens with zero attached hydrogens (tertiary/aromatic N) is 4. The van der Waals surface area contributed by atoms with Gasteiger partial charge >= 0.3 is 6.36 Å². The Bertz CT molecular complexity index is 736. The normalized spacial score (nSPS) is 11.8. The summed E-state index contributed by atoms with van der Waals surface area (Å²) in [5.41, 5.74) is 1.84. The summed E-state index contributed by atoms with van der Waals surface area (Å²) in [6.07, 6.45) is 0.0419. The fourth-order valence-electron chi connectivity index (χ4n) is 1.71. The molecule has 0 radical (unpaired) electrons. The minimum atomic E-state index is -4.69. The van der Waals surface area contributed by atoms with Gasteiger partial charge in [0.1, 0.15) is 12.1 Å². The van der Waals surface area contributed by atoms with Gasteiger partial charge in [0, 0.05) is 11.8 Å². The Morgan fingerprint density at radius 1 is 1.10 bits per heavy atom. The molecule has 0 atom stereocenters. The molecule has 1 aromatic carbocycles. The second-order valence-electron chi connectivity index (χ2n) is 3.94. The van der Waals surface area contributed by atoms with Crippen LogP contribution in [0.25, 0.3) is 16.9 Å². The number of aromatic nitrogens is 4. The van der Waals surface area contributed by atoms with Crippen LogP contribution in [-0.2, 0) is 0 Å². The SMILES string of the molecule is FC(F)(F)Oc1ccc(-c2cn3cnnc3cn2)cc1. The summed E-state index contributed by atoms with van der Waals surface area (Å²) < 4.78 is 41.6. The van der Waals surface area contributed by atoms with Gasteiger partial charge in [-0.15, -0.1) is 23.4 Å². The zero-order valence-electron chi connectivity index (χ0n) is 9.87. The number of fused-ring (bicyclic) bond motifs is 1. The van der Waals surface area contributed by atoms with E-state index in [1.165, 1.54) is 36.8 Å². The maximum atomic E-state index is 12.1. The minimum absolute atomic E-state index is 0.272. The highest BCUT2D eigenvalue weighted by molar-refractivity contribution is 5.60. The number of halogens is 3. The molecular formula is C12H7F3N4O. The molecule has 0 amide bonds. The summed E-state index contributed by atoms with van der Waals surface area (Å²) in [7, 11) is 0. The molecule has 0 aliphatic heterocycles. The number of alkyl halides is 3. The predicted octanol–water partition coefficient (Wildman–Crippen LogP) is 2.69. The van der Waals surface area contributed by atoms with E-state index in [1.807, 2.05) is 0 Å². The molecule has 0 saturated carbocycles. The Morgan fingerprint density at radius 3 is 2.55 bits per heavy atom. The van der Waals surface area contributed by atoms with Crippen molar-refractivity contribution >= 4 is 5.65 Å². The van der Waals surface area contributed by atoms with Gasteiger partial charge in [-0.05, 0) is 24.3 Å². The number of hydrogen-bond acceptors (Lipinski definition) is 4. The Morgan fingerprint density at radius 2 is 1.85 bits per heavy atom. The summed E-state index contributed by atoms with van der Waals surface area (Å²) in [4.78, 5) is 4.17. The quantitative estimate of drug-likeness (QED) is 0.724. The molecule has 20 heavy (non-hydrogen) atoms. The largest absolute Gasteiger partial charge is 0.573 e. The van der Waals surface area contributed by atoms with Crippen LogP contribution >= 0.6 is 0 Å². The second kappa shape index (κ2) is 4.48. The smallest absolute Gasteiger partial charge is 0.406 e. The lowest BCUT2D eigenvalue weighted by molar-refractivity contribution is -0.274. The summed E-state index contributed by atoms with van der Waals surface area (Å²) in [6, 6.07) is 5.47. The molecule has 0 bridgehead atoms. The highest BCUT2D eigenvalue weighted by atomic mass is 19.4. The van der Waals surface area contributed by atoms with Crippen molar-refractivity contribution in [2.75, 3.05) is 0 Å². The summed E-state index contributed by atoms with van der Waals surface area (Å²) >= 11 is 0. The van der Waals surface area contributed by atoms with E-state index >= 15 is 0 Å². The van der Waals surface area contributed by atoms with Crippen molar-refractivity contribution in [2.24, 2.45) is 0 Å². The second-order valence-corrected chi connectivity index (χ2v) is 3.94. The van der Waals surface area contributed by atoms with Gasteiger partial charge in [-0.25, -0.2) is 0 Å². The van der Waals surface area contributed by atoms with E-state index in [9.17, 15) is 13.2 Å². The van der Waals surface area contributed by atoms with Crippen LogP contribution in [0.5, 0.6) is 5.75 Å². The Hall–Kier alpha value is -2.64. The van der Waals surface area contributed by atoms with E-state index < -0.39 is 6.36 Å². The zero-order valence-corrected chi connectivity index (χ0v) is 9.87. The molecule has 5 nitrogen and oxygen atoms in total. The molecular weight excluding hydrogens is 273 g/mol. The van der Waals surface area contributed by atoms with E-state index in [1.54, 1.807) is 10.6 Å². The average Bonchev–Trinajstić information content (AvgIpc) is 2.85. The fourth-order valence-corrected chi connectivity index (χ4v) is 1.71. The molecule has 2 heterocycles. The molecule has 0 aliphatic rings. The van der Waals surface area contributed by atoms with E-state index in [0.717, 1.165) is 0 Å². The van der Waals surface area contributed by atoms with Gasteiger partial charge in [-0.3, -0.25) is 9.38 Å². The summed E-state index contributed by atoms with van der Waals surface area (Å²) in [5, 5.41) is 7.53. The van der Waals surface area contributed by atoms with Crippen LogP contribution in [-0.4, -0.2) is 25.9 Å². The molecule has 0 aliphatic carbocycles. The van der Waals surface area contributed by atoms with Crippen molar-refractivity contribution in [3.63, 3.8) is 0 Å². The van der Waals surface area contributed by atoms with Crippen molar-refractivity contribution in [3.8, 4) is 17.0 Å². The van der Waals surface area contributed by atoms with Gasteiger partial charge in [0.25, 0.3) is 0 Å². The Balaban J connectivity index is 1.90. The Kier molecular flexibility index (Phi) is 2.78. The van der Waals surface area contributed by atoms with Crippen LogP contribution in [0.15, 0.2) is 43.0 Å². The Labute approximate surface area is 110 Å². The van der Waals surface area contributed by atoms with Crippen LogP contribution in [0.3, 0.4) is 0 Å². The lowest BCUT2D eigenvalue weighted by atomic mass is 10.1.